The molecule has 0 amide bonds. The monoisotopic (exact) mass is 275 g/mol. The standard InChI is InChI=1S/C16H18FNO2/c1-10(8-13-4-6-14(17)7-5-13)18-11(2)9-15(12(18)3)16(19)20/h4-7,9-10H,8H2,1-3H3,(H,19,20). The van der Waals surface area contributed by atoms with Crippen LogP contribution < -0.4 is 0 Å². The molecule has 1 aromatic heterocycles. The molecule has 2 aromatic rings. The summed E-state index contributed by atoms with van der Waals surface area (Å²) >= 11 is 0. The third kappa shape index (κ3) is 2.74. The van der Waals surface area contributed by atoms with Crippen molar-refractivity contribution in [1.29, 1.82) is 0 Å². The second kappa shape index (κ2) is 5.49. The van der Waals surface area contributed by atoms with Gasteiger partial charge >= 0.3 is 5.97 Å². The first-order valence-electron chi connectivity index (χ1n) is 6.56. The summed E-state index contributed by atoms with van der Waals surface area (Å²) in [5.41, 5.74) is 3.05. The van der Waals surface area contributed by atoms with Crippen LogP contribution in [-0.4, -0.2) is 15.6 Å². The average Bonchev–Trinajstić information content (AvgIpc) is 2.68. The Balaban J connectivity index is 2.27. The molecule has 1 unspecified atom stereocenters. The number of halogens is 1. The van der Waals surface area contributed by atoms with E-state index in [1.54, 1.807) is 18.2 Å². The highest BCUT2D eigenvalue weighted by molar-refractivity contribution is 5.89. The highest BCUT2D eigenvalue weighted by Gasteiger charge is 2.18. The number of carboxylic acid groups (broad SMARTS) is 1. The number of nitrogens with zero attached hydrogens (tertiary/aromatic N) is 1. The van der Waals surface area contributed by atoms with Crippen LogP contribution in [-0.2, 0) is 6.42 Å². The molecule has 106 valence electrons. The van der Waals surface area contributed by atoms with Gasteiger partial charge < -0.3 is 9.67 Å². The van der Waals surface area contributed by atoms with Gasteiger partial charge in [-0.3, -0.25) is 0 Å². The number of carbonyl (C=O) groups is 1. The van der Waals surface area contributed by atoms with Crippen molar-refractivity contribution >= 4 is 5.97 Å². The van der Waals surface area contributed by atoms with Gasteiger partial charge in [0.1, 0.15) is 5.82 Å². The third-order valence-corrected chi connectivity index (χ3v) is 3.60. The van der Waals surface area contributed by atoms with E-state index in [2.05, 4.69) is 0 Å². The van der Waals surface area contributed by atoms with E-state index < -0.39 is 5.97 Å². The number of carboxylic acids is 1. The van der Waals surface area contributed by atoms with Gasteiger partial charge in [-0.25, -0.2) is 9.18 Å². The third-order valence-electron chi connectivity index (χ3n) is 3.60. The van der Waals surface area contributed by atoms with Crippen LogP contribution in [0.25, 0.3) is 0 Å². The van der Waals surface area contributed by atoms with E-state index in [1.165, 1.54) is 12.1 Å². The number of benzene rings is 1. The summed E-state index contributed by atoms with van der Waals surface area (Å²) in [6.45, 7) is 5.76. The van der Waals surface area contributed by atoms with Gasteiger partial charge in [0.05, 0.1) is 5.56 Å². The van der Waals surface area contributed by atoms with Crippen molar-refractivity contribution in [3.63, 3.8) is 0 Å². The lowest BCUT2D eigenvalue weighted by atomic mass is 10.1. The summed E-state index contributed by atoms with van der Waals surface area (Å²) in [7, 11) is 0. The van der Waals surface area contributed by atoms with Crippen LogP contribution in [0.5, 0.6) is 0 Å². The largest absolute Gasteiger partial charge is 0.478 e. The molecule has 0 radical (unpaired) electrons. The molecule has 1 heterocycles. The van der Waals surface area contributed by atoms with Crippen LogP contribution >= 0.6 is 0 Å². The fraction of sp³-hybridized carbons (Fsp3) is 0.312. The van der Waals surface area contributed by atoms with Gasteiger partial charge in [-0.2, -0.15) is 0 Å². The molecule has 0 aliphatic rings. The predicted octanol–water partition coefficient (Wildman–Crippen LogP) is 3.75. The van der Waals surface area contributed by atoms with Crippen molar-refractivity contribution < 1.29 is 14.3 Å². The van der Waals surface area contributed by atoms with Crippen LogP contribution in [0.1, 0.15) is 40.3 Å². The lowest BCUT2D eigenvalue weighted by Crippen LogP contribution is -2.12. The Kier molecular flexibility index (Phi) is 3.93. The van der Waals surface area contributed by atoms with Crippen molar-refractivity contribution in [3.8, 4) is 0 Å². The molecule has 0 aliphatic carbocycles. The first-order valence-corrected chi connectivity index (χ1v) is 6.56. The first-order chi connectivity index (χ1) is 9.40. The summed E-state index contributed by atoms with van der Waals surface area (Å²) in [6.07, 6.45) is 0.732. The van der Waals surface area contributed by atoms with Crippen LogP contribution in [0, 0.1) is 19.7 Å². The molecule has 1 aromatic carbocycles. The molecule has 2 rings (SSSR count). The Morgan fingerprint density at radius 2 is 1.90 bits per heavy atom. The van der Waals surface area contributed by atoms with Gasteiger partial charge in [0.2, 0.25) is 0 Å². The molecular formula is C16H18FNO2. The van der Waals surface area contributed by atoms with E-state index in [-0.39, 0.29) is 11.9 Å². The lowest BCUT2D eigenvalue weighted by molar-refractivity contribution is 0.0696. The molecule has 4 heteroatoms. The normalized spacial score (nSPS) is 12.4. The zero-order valence-electron chi connectivity index (χ0n) is 11.9. The lowest BCUT2D eigenvalue weighted by Gasteiger charge is -2.18. The number of hydrogen-bond donors (Lipinski definition) is 1. The van der Waals surface area contributed by atoms with Gasteiger partial charge in [0.25, 0.3) is 0 Å². The molecule has 0 saturated carbocycles. The molecule has 1 atom stereocenters. The number of aromatic carboxylic acids is 1. The van der Waals surface area contributed by atoms with Crippen molar-refractivity contribution in [1.82, 2.24) is 4.57 Å². The maximum Gasteiger partial charge on any atom is 0.337 e. The average molecular weight is 275 g/mol. The summed E-state index contributed by atoms with van der Waals surface area (Å²) in [5, 5.41) is 9.15. The minimum atomic E-state index is -0.904. The summed E-state index contributed by atoms with van der Waals surface area (Å²) in [4.78, 5) is 11.2. The second-order valence-electron chi connectivity index (χ2n) is 5.14. The molecule has 0 saturated heterocycles. The van der Waals surface area contributed by atoms with Crippen molar-refractivity contribution in [2.45, 2.75) is 33.2 Å². The molecule has 0 spiro atoms. The van der Waals surface area contributed by atoms with Crippen molar-refractivity contribution in [2.24, 2.45) is 0 Å². The second-order valence-corrected chi connectivity index (χ2v) is 5.14. The van der Waals surface area contributed by atoms with E-state index in [1.807, 2.05) is 25.3 Å². The highest BCUT2D eigenvalue weighted by Crippen LogP contribution is 2.23. The summed E-state index contributed by atoms with van der Waals surface area (Å²) < 4.78 is 14.9. The topological polar surface area (TPSA) is 42.2 Å². The van der Waals surface area contributed by atoms with Gasteiger partial charge in [0.15, 0.2) is 0 Å². The van der Waals surface area contributed by atoms with E-state index in [4.69, 9.17) is 5.11 Å². The summed E-state index contributed by atoms with van der Waals surface area (Å²) in [6, 6.07) is 8.23. The molecule has 0 aliphatic heterocycles. The Morgan fingerprint density at radius 3 is 2.40 bits per heavy atom. The smallest absolute Gasteiger partial charge is 0.337 e. The maximum absolute atomic E-state index is 12.9. The van der Waals surface area contributed by atoms with Crippen LogP contribution in [0.3, 0.4) is 0 Å². The molecular weight excluding hydrogens is 257 g/mol. The number of rotatable bonds is 4. The van der Waals surface area contributed by atoms with Gasteiger partial charge in [-0.05, 0) is 51.0 Å². The van der Waals surface area contributed by atoms with E-state index in [0.717, 1.165) is 23.4 Å². The molecule has 3 nitrogen and oxygen atoms in total. The molecule has 0 fully saturated rings. The predicted molar refractivity (Wildman–Crippen MR) is 75.7 cm³/mol. The molecule has 0 bridgehead atoms. The Hall–Kier alpha value is -2.10. The van der Waals surface area contributed by atoms with Crippen LogP contribution in [0.15, 0.2) is 30.3 Å². The Bertz CT molecular complexity index is 629. The van der Waals surface area contributed by atoms with Crippen LogP contribution in [0.4, 0.5) is 4.39 Å². The SMILES string of the molecule is Cc1cc(C(=O)O)c(C)n1C(C)Cc1ccc(F)cc1. The fourth-order valence-electron chi connectivity index (χ4n) is 2.72. The Labute approximate surface area is 117 Å². The molecule has 20 heavy (non-hydrogen) atoms. The Morgan fingerprint density at radius 1 is 1.30 bits per heavy atom. The van der Waals surface area contributed by atoms with Crippen LogP contribution in [0.2, 0.25) is 0 Å². The fourth-order valence-corrected chi connectivity index (χ4v) is 2.72. The van der Waals surface area contributed by atoms with E-state index in [9.17, 15) is 9.18 Å². The van der Waals surface area contributed by atoms with Crippen molar-refractivity contribution in [3.05, 3.63) is 58.7 Å². The number of aryl methyl sites for hydroxylation is 1. The van der Waals surface area contributed by atoms with E-state index in [0.29, 0.717) is 5.56 Å². The van der Waals surface area contributed by atoms with Gasteiger partial charge in [0, 0.05) is 17.4 Å². The molecule has 1 N–H and O–H groups in total. The quantitative estimate of drug-likeness (QED) is 0.923. The minimum absolute atomic E-state index is 0.119. The minimum Gasteiger partial charge on any atom is -0.478 e. The maximum atomic E-state index is 12.9. The summed E-state index contributed by atoms with van der Waals surface area (Å²) in [5.74, 6) is -1.15. The highest BCUT2D eigenvalue weighted by atomic mass is 19.1. The van der Waals surface area contributed by atoms with E-state index >= 15 is 0 Å². The van der Waals surface area contributed by atoms with Crippen molar-refractivity contribution in [2.75, 3.05) is 0 Å². The first kappa shape index (κ1) is 14.3. The van der Waals surface area contributed by atoms with Gasteiger partial charge in [-0.1, -0.05) is 12.1 Å². The number of hydrogen-bond acceptors (Lipinski definition) is 1. The zero-order chi connectivity index (χ0) is 14.9. The van der Waals surface area contributed by atoms with Gasteiger partial charge in [-0.15, -0.1) is 0 Å². The number of aromatic nitrogens is 1. The zero-order valence-corrected chi connectivity index (χ0v) is 11.9.